The molecular formula is C19H27NO5. The molecule has 0 N–H and O–H groups in total. The van der Waals surface area contributed by atoms with E-state index in [0.29, 0.717) is 18.7 Å². The normalized spacial score (nSPS) is 15.6. The second-order valence-electron chi connectivity index (χ2n) is 7.26. The molecule has 25 heavy (non-hydrogen) atoms. The summed E-state index contributed by atoms with van der Waals surface area (Å²) >= 11 is 0. The van der Waals surface area contributed by atoms with E-state index in [9.17, 15) is 9.59 Å². The molecule has 6 heteroatoms. The predicted octanol–water partition coefficient (Wildman–Crippen LogP) is 3.56. The lowest BCUT2D eigenvalue weighted by Crippen LogP contribution is -2.44. The van der Waals surface area contributed by atoms with Gasteiger partial charge in [-0.25, -0.2) is 9.59 Å². The first-order chi connectivity index (χ1) is 11.7. The lowest BCUT2D eigenvalue weighted by Gasteiger charge is -2.33. The number of carbonyl (C=O) groups is 2. The van der Waals surface area contributed by atoms with E-state index in [-0.39, 0.29) is 18.2 Å². The number of aryl methyl sites for hydroxylation is 1. The fraction of sp³-hybridized carbons (Fsp3) is 0.579. The number of rotatable bonds is 3. The summed E-state index contributed by atoms with van der Waals surface area (Å²) in [5, 5.41) is 0. The number of ether oxygens (including phenoxy) is 3. The summed E-state index contributed by atoms with van der Waals surface area (Å²) < 4.78 is 16.2. The number of amides is 1. The highest BCUT2D eigenvalue weighted by molar-refractivity contribution is 5.89. The second-order valence-corrected chi connectivity index (χ2v) is 7.26. The Bertz CT molecular complexity index is 627. The summed E-state index contributed by atoms with van der Waals surface area (Å²) in [5.41, 5.74) is 0.910. The molecule has 0 radical (unpaired) electrons. The molecule has 138 valence electrons. The van der Waals surface area contributed by atoms with Crippen LogP contribution >= 0.6 is 0 Å². The second kappa shape index (κ2) is 7.76. The topological polar surface area (TPSA) is 65.1 Å². The number of benzene rings is 1. The maximum absolute atomic E-state index is 12.1. The van der Waals surface area contributed by atoms with Crippen LogP contribution in [0.3, 0.4) is 0 Å². The summed E-state index contributed by atoms with van der Waals surface area (Å²) in [6.07, 6.45) is 1.26. The Morgan fingerprint density at radius 3 is 2.32 bits per heavy atom. The standard InChI is InChI=1S/C19H27NO5/c1-13-12-14(17(21)23-5)6-7-16(13)24-15-8-10-20(11-9-15)18(22)25-19(2,3)4/h6-7,12,15H,8-11H2,1-5H3. The Kier molecular flexibility index (Phi) is 5.93. The van der Waals surface area contributed by atoms with Gasteiger partial charge in [-0.05, 0) is 51.5 Å². The highest BCUT2D eigenvalue weighted by atomic mass is 16.6. The first-order valence-electron chi connectivity index (χ1n) is 8.53. The molecule has 0 atom stereocenters. The molecule has 0 spiro atoms. The molecule has 0 saturated carbocycles. The maximum Gasteiger partial charge on any atom is 0.410 e. The van der Waals surface area contributed by atoms with E-state index in [1.807, 2.05) is 27.7 Å². The molecule has 1 aromatic rings. The number of nitrogens with zero attached hydrogens (tertiary/aromatic N) is 1. The third kappa shape index (κ3) is 5.37. The highest BCUT2D eigenvalue weighted by Crippen LogP contribution is 2.24. The van der Waals surface area contributed by atoms with E-state index >= 15 is 0 Å². The van der Waals surface area contributed by atoms with Gasteiger partial charge < -0.3 is 19.1 Å². The van der Waals surface area contributed by atoms with Crippen molar-refractivity contribution in [2.24, 2.45) is 0 Å². The molecule has 1 saturated heterocycles. The largest absolute Gasteiger partial charge is 0.490 e. The molecule has 2 rings (SSSR count). The Hall–Kier alpha value is -2.24. The van der Waals surface area contributed by atoms with Crippen molar-refractivity contribution in [3.05, 3.63) is 29.3 Å². The van der Waals surface area contributed by atoms with Gasteiger partial charge in [0.1, 0.15) is 17.5 Å². The van der Waals surface area contributed by atoms with Gasteiger partial charge in [0.2, 0.25) is 0 Å². The molecule has 1 aliphatic rings. The van der Waals surface area contributed by atoms with Gasteiger partial charge in [-0.1, -0.05) is 0 Å². The van der Waals surface area contributed by atoms with E-state index in [4.69, 9.17) is 14.2 Å². The van der Waals surface area contributed by atoms with Crippen molar-refractivity contribution >= 4 is 12.1 Å². The zero-order valence-electron chi connectivity index (χ0n) is 15.6. The minimum Gasteiger partial charge on any atom is -0.490 e. The van der Waals surface area contributed by atoms with Crippen molar-refractivity contribution in [2.45, 2.75) is 52.2 Å². The summed E-state index contributed by atoms with van der Waals surface area (Å²) in [6, 6.07) is 5.25. The monoisotopic (exact) mass is 349 g/mol. The van der Waals surface area contributed by atoms with Gasteiger partial charge in [0.15, 0.2) is 0 Å². The zero-order valence-corrected chi connectivity index (χ0v) is 15.6. The summed E-state index contributed by atoms with van der Waals surface area (Å²) in [5.74, 6) is 0.392. The van der Waals surface area contributed by atoms with E-state index < -0.39 is 5.60 Å². The minimum atomic E-state index is -0.483. The number of hydrogen-bond acceptors (Lipinski definition) is 5. The Morgan fingerprint density at radius 2 is 1.80 bits per heavy atom. The summed E-state index contributed by atoms with van der Waals surface area (Å²) in [7, 11) is 1.36. The number of likely N-dealkylation sites (tertiary alicyclic amines) is 1. The van der Waals surface area contributed by atoms with Crippen LogP contribution in [-0.2, 0) is 9.47 Å². The number of piperidine rings is 1. The number of esters is 1. The van der Waals surface area contributed by atoms with E-state index in [0.717, 1.165) is 24.2 Å². The van der Waals surface area contributed by atoms with Crippen molar-refractivity contribution in [1.82, 2.24) is 4.90 Å². The summed E-state index contributed by atoms with van der Waals surface area (Å²) in [4.78, 5) is 25.4. The molecule has 0 aliphatic carbocycles. The number of carbonyl (C=O) groups excluding carboxylic acids is 2. The lowest BCUT2D eigenvalue weighted by molar-refractivity contribution is 0.0126. The first kappa shape index (κ1) is 19.1. The van der Waals surface area contributed by atoms with Crippen molar-refractivity contribution in [3.8, 4) is 5.75 Å². The van der Waals surface area contributed by atoms with Crippen molar-refractivity contribution < 1.29 is 23.8 Å². The van der Waals surface area contributed by atoms with Crippen LogP contribution in [0, 0.1) is 6.92 Å². The van der Waals surface area contributed by atoms with Crippen LogP contribution in [0.5, 0.6) is 5.75 Å². The quantitative estimate of drug-likeness (QED) is 0.781. The fourth-order valence-electron chi connectivity index (χ4n) is 2.69. The Labute approximate surface area is 149 Å². The van der Waals surface area contributed by atoms with Crippen molar-refractivity contribution in [1.29, 1.82) is 0 Å². The zero-order chi connectivity index (χ0) is 18.6. The van der Waals surface area contributed by atoms with Gasteiger partial charge in [-0.2, -0.15) is 0 Å². The van der Waals surface area contributed by atoms with E-state index in [2.05, 4.69) is 0 Å². The third-order valence-corrected chi connectivity index (χ3v) is 3.98. The number of hydrogen-bond donors (Lipinski definition) is 0. The van der Waals surface area contributed by atoms with Crippen molar-refractivity contribution in [3.63, 3.8) is 0 Å². The molecule has 1 aliphatic heterocycles. The first-order valence-corrected chi connectivity index (χ1v) is 8.53. The van der Waals surface area contributed by atoms with Gasteiger partial charge in [-0.15, -0.1) is 0 Å². The van der Waals surface area contributed by atoms with Crippen LogP contribution in [0.25, 0.3) is 0 Å². The fourth-order valence-corrected chi connectivity index (χ4v) is 2.69. The SMILES string of the molecule is COC(=O)c1ccc(OC2CCN(C(=O)OC(C)(C)C)CC2)c(C)c1. The van der Waals surface area contributed by atoms with Crippen LogP contribution in [0.4, 0.5) is 4.79 Å². The van der Waals surface area contributed by atoms with Crippen LogP contribution in [0.15, 0.2) is 18.2 Å². The molecule has 1 heterocycles. The van der Waals surface area contributed by atoms with E-state index in [1.54, 1.807) is 23.1 Å². The smallest absolute Gasteiger partial charge is 0.410 e. The molecule has 0 aromatic heterocycles. The predicted molar refractivity (Wildman–Crippen MR) is 94.0 cm³/mol. The van der Waals surface area contributed by atoms with E-state index in [1.165, 1.54) is 7.11 Å². The third-order valence-electron chi connectivity index (χ3n) is 3.98. The van der Waals surface area contributed by atoms with Gasteiger partial charge in [0.05, 0.1) is 12.7 Å². The van der Waals surface area contributed by atoms with Crippen LogP contribution < -0.4 is 4.74 Å². The molecule has 1 amide bonds. The molecule has 1 aromatic carbocycles. The lowest BCUT2D eigenvalue weighted by atomic mass is 10.1. The Morgan fingerprint density at radius 1 is 1.16 bits per heavy atom. The average molecular weight is 349 g/mol. The van der Waals surface area contributed by atoms with Crippen LogP contribution in [-0.4, -0.2) is 48.9 Å². The van der Waals surface area contributed by atoms with Gasteiger partial charge in [0, 0.05) is 25.9 Å². The van der Waals surface area contributed by atoms with Gasteiger partial charge in [-0.3, -0.25) is 0 Å². The maximum atomic E-state index is 12.1. The highest BCUT2D eigenvalue weighted by Gasteiger charge is 2.27. The molecule has 0 bridgehead atoms. The Balaban J connectivity index is 1.90. The molecule has 0 unspecified atom stereocenters. The number of methoxy groups -OCH3 is 1. The molecular weight excluding hydrogens is 322 g/mol. The van der Waals surface area contributed by atoms with Gasteiger partial charge >= 0.3 is 12.1 Å². The van der Waals surface area contributed by atoms with Crippen LogP contribution in [0.1, 0.15) is 49.5 Å². The minimum absolute atomic E-state index is 0.0429. The van der Waals surface area contributed by atoms with Crippen molar-refractivity contribution in [2.75, 3.05) is 20.2 Å². The summed E-state index contributed by atoms with van der Waals surface area (Å²) in [6.45, 7) is 8.71. The van der Waals surface area contributed by atoms with Gasteiger partial charge in [0.25, 0.3) is 0 Å². The van der Waals surface area contributed by atoms with Crippen LogP contribution in [0.2, 0.25) is 0 Å². The molecule has 1 fully saturated rings. The molecule has 6 nitrogen and oxygen atoms in total. The average Bonchev–Trinajstić information content (AvgIpc) is 2.55.